The number of nitrogens with two attached hydrogens (primary N) is 1. The van der Waals surface area contributed by atoms with Crippen LogP contribution in [-0.4, -0.2) is 71.0 Å². The molecule has 0 fully saturated rings. The van der Waals surface area contributed by atoms with E-state index in [1.165, 1.54) is 24.9 Å². The number of carbonyl (C=O) groups excluding carboxylic acids is 1. The number of nitrogens with zero attached hydrogens (tertiary/aromatic N) is 3. The normalized spacial score (nSPS) is 11.8. The summed E-state index contributed by atoms with van der Waals surface area (Å²) in [5, 5.41) is 7.12. The number of halogens is 6. The summed E-state index contributed by atoms with van der Waals surface area (Å²) in [7, 11) is 2.91. The molecule has 3 N–H and O–H groups in total. The summed E-state index contributed by atoms with van der Waals surface area (Å²) in [6, 6.07) is 6.81. The van der Waals surface area contributed by atoms with E-state index in [4.69, 9.17) is 25.1 Å². The molecular formula is C26H30F6N4O6. The third kappa shape index (κ3) is 7.96. The zero-order chi connectivity index (χ0) is 32.0. The minimum atomic E-state index is -5.08. The number of rotatable bonds is 10. The van der Waals surface area contributed by atoms with E-state index in [1.54, 1.807) is 18.2 Å². The number of primary amides is 1. The zero-order valence-corrected chi connectivity index (χ0v) is 23.1. The van der Waals surface area contributed by atoms with E-state index in [0.29, 0.717) is 42.8 Å². The lowest BCUT2D eigenvalue weighted by atomic mass is 10.1. The summed E-state index contributed by atoms with van der Waals surface area (Å²) in [5.41, 5.74) is 3.45. The first-order valence-corrected chi connectivity index (χ1v) is 12.4. The molecule has 232 valence electrons. The zero-order valence-electron chi connectivity index (χ0n) is 23.1. The van der Waals surface area contributed by atoms with E-state index in [0.717, 1.165) is 4.57 Å². The Morgan fingerprint density at radius 2 is 1.57 bits per heavy atom. The number of aliphatic carboxylic acids is 1. The number of amides is 1. The quantitative estimate of drug-likeness (QED) is 0.334. The summed E-state index contributed by atoms with van der Waals surface area (Å²) in [6.45, 7) is 5.75. The van der Waals surface area contributed by atoms with Crippen molar-refractivity contribution >= 4 is 22.9 Å². The molecule has 42 heavy (non-hydrogen) atoms. The fraction of sp³-hybridized carbons (Fsp3) is 0.423. The second kappa shape index (κ2) is 13.6. The number of carboxylic acid groups (broad SMARTS) is 1. The number of aromatic nitrogens is 2. The number of fused-ring (bicyclic) bond motifs is 1. The predicted molar refractivity (Wildman–Crippen MR) is 140 cm³/mol. The number of carbonyl (C=O) groups is 2. The smallest absolute Gasteiger partial charge is 0.490 e. The van der Waals surface area contributed by atoms with Gasteiger partial charge >= 0.3 is 24.0 Å². The van der Waals surface area contributed by atoms with E-state index >= 15 is 0 Å². The van der Waals surface area contributed by atoms with Crippen molar-refractivity contribution in [2.75, 3.05) is 33.9 Å². The number of benzene rings is 2. The van der Waals surface area contributed by atoms with Crippen LogP contribution in [-0.2, 0) is 24.1 Å². The van der Waals surface area contributed by atoms with Crippen LogP contribution in [0.2, 0.25) is 0 Å². The summed E-state index contributed by atoms with van der Waals surface area (Å²) >= 11 is 0. The number of likely N-dealkylation sites (N-methyl/N-ethyl adjacent to an activating group) is 1. The number of ether oxygens (including phenoxy) is 2. The number of hydrogen-bond acceptors (Lipinski definition) is 6. The maximum absolute atomic E-state index is 14.2. The van der Waals surface area contributed by atoms with Gasteiger partial charge in [0, 0.05) is 30.3 Å². The average molecular weight is 609 g/mol. The number of alkyl halides is 6. The highest BCUT2D eigenvalue weighted by atomic mass is 19.4. The second-order valence-corrected chi connectivity index (χ2v) is 8.78. The van der Waals surface area contributed by atoms with Crippen molar-refractivity contribution in [3.63, 3.8) is 0 Å². The molecule has 2 aromatic carbocycles. The van der Waals surface area contributed by atoms with Gasteiger partial charge in [0.25, 0.3) is 0 Å². The first-order valence-electron chi connectivity index (χ1n) is 12.4. The molecule has 3 rings (SSSR count). The van der Waals surface area contributed by atoms with E-state index < -0.39 is 35.5 Å². The van der Waals surface area contributed by atoms with Gasteiger partial charge in [-0.05, 0) is 37.4 Å². The van der Waals surface area contributed by atoms with Gasteiger partial charge in [-0.3, -0.25) is 13.9 Å². The van der Waals surface area contributed by atoms with Crippen molar-refractivity contribution in [2.45, 2.75) is 39.3 Å². The van der Waals surface area contributed by atoms with Gasteiger partial charge < -0.3 is 25.2 Å². The summed E-state index contributed by atoms with van der Waals surface area (Å²) < 4.78 is 87.1. The highest BCUT2D eigenvalue weighted by molar-refractivity contribution is 5.97. The Balaban J connectivity index is 0.000000782. The van der Waals surface area contributed by atoms with Gasteiger partial charge in [-0.2, -0.15) is 26.3 Å². The van der Waals surface area contributed by atoms with Crippen molar-refractivity contribution in [3.05, 3.63) is 57.5 Å². The molecule has 0 spiro atoms. The van der Waals surface area contributed by atoms with Crippen LogP contribution in [0, 0.1) is 0 Å². The van der Waals surface area contributed by atoms with Crippen molar-refractivity contribution in [1.82, 2.24) is 14.0 Å². The predicted octanol–water partition coefficient (Wildman–Crippen LogP) is 3.96. The first-order chi connectivity index (χ1) is 19.5. The maximum Gasteiger partial charge on any atom is 0.490 e. The van der Waals surface area contributed by atoms with Crippen LogP contribution < -0.4 is 20.9 Å². The SMILES string of the molecule is CCN(CC)CCn1c(=O)n(Cc2ccc(OC)cc2OC)c2c(C(F)(F)F)cc(C(N)=O)cc21.O=C(O)C(F)(F)F. The lowest BCUT2D eigenvalue weighted by Crippen LogP contribution is -2.32. The van der Waals surface area contributed by atoms with Crippen LogP contribution in [0.15, 0.2) is 35.1 Å². The van der Waals surface area contributed by atoms with Gasteiger partial charge in [0.2, 0.25) is 5.91 Å². The van der Waals surface area contributed by atoms with Crippen molar-refractivity contribution in [2.24, 2.45) is 5.73 Å². The third-order valence-electron chi connectivity index (χ3n) is 6.30. The van der Waals surface area contributed by atoms with Crippen LogP contribution in [0.25, 0.3) is 11.0 Å². The Labute approximate surface area is 235 Å². The molecule has 16 heteroatoms. The minimum Gasteiger partial charge on any atom is -0.497 e. The third-order valence-corrected chi connectivity index (χ3v) is 6.30. The van der Waals surface area contributed by atoms with Gasteiger partial charge in [0.15, 0.2) is 0 Å². The van der Waals surface area contributed by atoms with Crippen LogP contribution in [0.3, 0.4) is 0 Å². The monoisotopic (exact) mass is 608 g/mol. The minimum absolute atomic E-state index is 0.00161. The summed E-state index contributed by atoms with van der Waals surface area (Å²) in [5.74, 6) is -2.90. The number of imidazole rings is 1. The molecule has 0 aliphatic heterocycles. The van der Waals surface area contributed by atoms with E-state index in [1.807, 2.05) is 18.7 Å². The van der Waals surface area contributed by atoms with Crippen LogP contribution in [0.5, 0.6) is 11.5 Å². The second-order valence-electron chi connectivity index (χ2n) is 8.78. The Bertz CT molecular complexity index is 1480. The van der Waals surface area contributed by atoms with Gasteiger partial charge in [-0.15, -0.1) is 0 Å². The Hall–Kier alpha value is -4.21. The van der Waals surface area contributed by atoms with Gasteiger partial charge in [0.05, 0.1) is 37.4 Å². The van der Waals surface area contributed by atoms with Crippen molar-refractivity contribution < 1.29 is 50.5 Å². The highest BCUT2D eigenvalue weighted by Gasteiger charge is 2.38. The highest BCUT2D eigenvalue weighted by Crippen LogP contribution is 2.36. The Morgan fingerprint density at radius 3 is 2.02 bits per heavy atom. The van der Waals surface area contributed by atoms with Gasteiger partial charge in [-0.1, -0.05) is 13.8 Å². The largest absolute Gasteiger partial charge is 0.497 e. The molecule has 1 heterocycles. The molecule has 1 aromatic heterocycles. The van der Waals surface area contributed by atoms with Crippen LogP contribution >= 0.6 is 0 Å². The maximum atomic E-state index is 14.2. The summed E-state index contributed by atoms with van der Waals surface area (Å²) in [4.78, 5) is 36.3. The van der Waals surface area contributed by atoms with Crippen LogP contribution in [0.1, 0.15) is 35.3 Å². The number of methoxy groups -OCH3 is 2. The van der Waals surface area contributed by atoms with Crippen LogP contribution in [0.4, 0.5) is 26.3 Å². The Morgan fingerprint density at radius 1 is 0.976 bits per heavy atom. The van der Waals surface area contributed by atoms with E-state index in [2.05, 4.69) is 0 Å². The molecule has 0 saturated heterocycles. The lowest BCUT2D eigenvalue weighted by molar-refractivity contribution is -0.192. The topological polar surface area (TPSA) is 129 Å². The van der Waals surface area contributed by atoms with Gasteiger partial charge in [0.1, 0.15) is 11.5 Å². The summed E-state index contributed by atoms with van der Waals surface area (Å²) in [6.07, 6.45) is -9.91. The van der Waals surface area contributed by atoms with Gasteiger partial charge in [-0.25, -0.2) is 9.59 Å². The lowest BCUT2D eigenvalue weighted by Gasteiger charge is -2.18. The fourth-order valence-corrected chi connectivity index (χ4v) is 4.11. The number of carboxylic acids is 1. The molecule has 10 nitrogen and oxygen atoms in total. The molecule has 0 aliphatic carbocycles. The Kier molecular flexibility index (Phi) is 11.0. The van der Waals surface area contributed by atoms with E-state index in [9.17, 15) is 35.9 Å². The standard InChI is InChI=1S/C24H29F3N4O4.C2HF3O2/c1-5-29(6-2)9-10-30-19-12-16(22(28)32)11-18(24(25,26)27)21(19)31(23(30)33)14-15-7-8-17(34-3)13-20(15)35-4;3-2(4,5)1(6)7/h7-8,11-13H,5-6,9-10,14H2,1-4H3,(H2,28,32);(H,6,7). The molecular weight excluding hydrogens is 578 g/mol. The fourth-order valence-electron chi connectivity index (χ4n) is 4.11. The molecule has 0 atom stereocenters. The molecule has 0 bridgehead atoms. The molecule has 1 amide bonds. The average Bonchev–Trinajstić information content (AvgIpc) is 3.18. The van der Waals surface area contributed by atoms with Crippen molar-refractivity contribution in [1.29, 1.82) is 0 Å². The molecule has 0 aliphatic rings. The van der Waals surface area contributed by atoms with Crippen molar-refractivity contribution in [3.8, 4) is 11.5 Å². The number of hydrogen-bond donors (Lipinski definition) is 2. The van der Waals surface area contributed by atoms with E-state index in [-0.39, 0.29) is 29.7 Å². The molecule has 0 radical (unpaired) electrons. The molecule has 0 saturated carbocycles. The molecule has 3 aromatic rings. The molecule has 0 unspecified atom stereocenters. The first kappa shape index (κ1) is 34.0.